The molecule has 1 fully saturated rings. The second-order valence-corrected chi connectivity index (χ2v) is 5.84. The lowest BCUT2D eigenvalue weighted by molar-refractivity contribution is 0.402. The van der Waals surface area contributed by atoms with Crippen LogP contribution in [-0.4, -0.2) is 15.1 Å². The van der Waals surface area contributed by atoms with Gasteiger partial charge in [0.05, 0.1) is 5.54 Å². The number of aromatic hydroxyl groups is 1. The third kappa shape index (κ3) is 2.45. The van der Waals surface area contributed by atoms with Crippen LogP contribution < -0.4 is 11.3 Å². The Morgan fingerprint density at radius 2 is 1.86 bits per heavy atom. The highest BCUT2D eigenvalue weighted by molar-refractivity contribution is 5.67. The predicted molar refractivity (Wildman–Crippen MR) is 81.0 cm³/mol. The molecule has 1 aromatic heterocycles. The lowest BCUT2D eigenvalue weighted by atomic mass is 9.97. The zero-order valence-electron chi connectivity index (χ0n) is 12.0. The summed E-state index contributed by atoms with van der Waals surface area (Å²) in [4.78, 5) is 19.3. The van der Waals surface area contributed by atoms with Crippen LogP contribution >= 0.6 is 0 Å². The fourth-order valence-corrected chi connectivity index (χ4v) is 2.92. The third-order valence-corrected chi connectivity index (χ3v) is 4.21. The third-order valence-electron chi connectivity index (χ3n) is 4.21. The SMILES string of the molecule is Cc1ccc(-c2c(O)nc(C3(N)CCCC3)[nH]c2=O)cc1. The fourth-order valence-electron chi connectivity index (χ4n) is 2.92. The van der Waals surface area contributed by atoms with Crippen LogP contribution in [0.2, 0.25) is 0 Å². The Morgan fingerprint density at radius 3 is 2.43 bits per heavy atom. The van der Waals surface area contributed by atoms with Crippen molar-refractivity contribution in [2.45, 2.75) is 38.1 Å². The summed E-state index contributed by atoms with van der Waals surface area (Å²) in [6, 6.07) is 7.39. The number of hydrogen-bond acceptors (Lipinski definition) is 4. The topological polar surface area (TPSA) is 92.0 Å². The molecule has 0 atom stereocenters. The monoisotopic (exact) mass is 285 g/mol. The van der Waals surface area contributed by atoms with Crippen molar-refractivity contribution in [1.82, 2.24) is 9.97 Å². The molecule has 1 aromatic carbocycles. The number of aromatic amines is 1. The Morgan fingerprint density at radius 1 is 1.24 bits per heavy atom. The Bertz CT molecular complexity index is 713. The molecule has 0 unspecified atom stereocenters. The zero-order valence-corrected chi connectivity index (χ0v) is 12.0. The summed E-state index contributed by atoms with van der Waals surface area (Å²) < 4.78 is 0. The van der Waals surface area contributed by atoms with Gasteiger partial charge >= 0.3 is 0 Å². The molecule has 3 rings (SSSR count). The standard InChI is InChI=1S/C16H19N3O2/c1-10-4-6-11(7-5-10)12-13(20)18-15(19-14(12)21)16(17)8-2-3-9-16/h4-7H,2-3,8-9,17H2,1H3,(H2,18,19,20,21). The highest BCUT2D eigenvalue weighted by atomic mass is 16.3. The van der Waals surface area contributed by atoms with E-state index in [-0.39, 0.29) is 17.0 Å². The van der Waals surface area contributed by atoms with Crippen molar-refractivity contribution in [2.24, 2.45) is 5.73 Å². The molecule has 21 heavy (non-hydrogen) atoms. The maximum atomic E-state index is 12.3. The molecular formula is C16H19N3O2. The molecule has 1 aliphatic rings. The van der Waals surface area contributed by atoms with Crippen LogP contribution in [0.3, 0.4) is 0 Å². The van der Waals surface area contributed by atoms with Gasteiger partial charge in [-0.3, -0.25) is 4.79 Å². The Labute approximate surface area is 122 Å². The average molecular weight is 285 g/mol. The number of nitrogens with zero attached hydrogens (tertiary/aromatic N) is 1. The molecule has 0 radical (unpaired) electrons. The van der Waals surface area contributed by atoms with Crippen molar-refractivity contribution < 1.29 is 5.11 Å². The summed E-state index contributed by atoms with van der Waals surface area (Å²) in [6.07, 6.45) is 3.58. The lowest BCUT2D eigenvalue weighted by Gasteiger charge is -2.22. The molecule has 1 aliphatic carbocycles. The lowest BCUT2D eigenvalue weighted by Crippen LogP contribution is -2.37. The first-order valence-electron chi connectivity index (χ1n) is 7.19. The van der Waals surface area contributed by atoms with E-state index in [0.29, 0.717) is 11.4 Å². The predicted octanol–water partition coefficient (Wildman–Crippen LogP) is 2.18. The molecule has 2 aromatic rings. The van der Waals surface area contributed by atoms with E-state index in [9.17, 15) is 9.90 Å². The van der Waals surface area contributed by atoms with Gasteiger partial charge in [-0.25, -0.2) is 0 Å². The van der Waals surface area contributed by atoms with Crippen LogP contribution in [0, 0.1) is 6.92 Å². The van der Waals surface area contributed by atoms with Gasteiger partial charge in [-0.2, -0.15) is 4.98 Å². The van der Waals surface area contributed by atoms with Crippen LogP contribution in [0.4, 0.5) is 0 Å². The molecule has 0 spiro atoms. The van der Waals surface area contributed by atoms with Gasteiger partial charge in [0.2, 0.25) is 5.88 Å². The molecule has 0 bridgehead atoms. The van der Waals surface area contributed by atoms with Crippen LogP contribution in [0.1, 0.15) is 37.1 Å². The number of nitrogens with one attached hydrogen (secondary N) is 1. The quantitative estimate of drug-likeness (QED) is 0.788. The van der Waals surface area contributed by atoms with Gasteiger partial charge in [-0.15, -0.1) is 0 Å². The first kappa shape index (κ1) is 13.8. The number of rotatable bonds is 2. The highest BCUT2D eigenvalue weighted by Gasteiger charge is 2.34. The fraction of sp³-hybridized carbons (Fsp3) is 0.375. The number of benzene rings is 1. The number of H-pyrrole nitrogens is 1. The Balaban J connectivity index is 2.08. The van der Waals surface area contributed by atoms with Crippen molar-refractivity contribution in [3.05, 3.63) is 46.0 Å². The van der Waals surface area contributed by atoms with E-state index < -0.39 is 5.54 Å². The maximum Gasteiger partial charge on any atom is 0.262 e. The van der Waals surface area contributed by atoms with Crippen LogP contribution in [-0.2, 0) is 5.54 Å². The van der Waals surface area contributed by atoms with E-state index >= 15 is 0 Å². The summed E-state index contributed by atoms with van der Waals surface area (Å²) in [5, 5.41) is 10.2. The van der Waals surface area contributed by atoms with Crippen LogP contribution in [0.25, 0.3) is 11.1 Å². The molecule has 5 heteroatoms. The molecule has 0 amide bonds. The Kier molecular flexibility index (Phi) is 3.29. The molecule has 110 valence electrons. The van der Waals surface area contributed by atoms with E-state index in [1.165, 1.54) is 0 Å². The summed E-state index contributed by atoms with van der Waals surface area (Å²) in [5.41, 5.74) is 7.24. The van der Waals surface area contributed by atoms with Crippen molar-refractivity contribution in [1.29, 1.82) is 0 Å². The van der Waals surface area contributed by atoms with Crippen molar-refractivity contribution in [3.8, 4) is 17.0 Å². The smallest absolute Gasteiger partial charge is 0.262 e. The summed E-state index contributed by atoms with van der Waals surface area (Å²) in [5.74, 6) is 0.132. The Hall–Kier alpha value is -2.14. The first-order chi connectivity index (χ1) is 9.99. The van der Waals surface area contributed by atoms with Crippen molar-refractivity contribution in [3.63, 3.8) is 0 Å². The van der Waals surface area contributed by atoms with Crippen LogP contribution in [0.5, 0.6) is 5.88 Å². The van der Waals surface area contributed by atoms with Crippen LogP contribution in [0.15, 0.2) is 29.1 Å². The highest BCUT2D eigenvalue weighted by Crippen LogP contribution is 2.35. The largest absolute Gasteiger partial charge is 0.493 e. The molecule has 0 aliphatic heterocycles. The minimum Gasteiger partial charge on any atom is -0.493 e. The minimum absolute atomic E-state index is 0.195. The minimum atomic E-state index is -0.623. The molecule has 1 saturated carbocycles. The maximum absolute atomic E-state index is 12.3. The van der Waals surface area contributed by atoms with E-state index in [4.69, 9.17) is 5.73 Å². The summed E-state index contributed by atoms with van der Waals surface area (Å²) in [6.45, 7) is 1.97. The second kappa shape index (κ2) is 5.00. The van der Waals surface area contributed by atoms with Gasteiger partial charge in [-0.05, 0) is 25.3 Å². The van der Waals surface area contributed by atoms with E-state index in [2.05, 4.69) is 9.97 Å². The normalized spacial score (nSPS) is 17.0. The van der Waals surface area contributed by atoms with Crippen molar-refractivity contribution >= 4 is 0 Å². The molecule has 1 heterocycles. The number of aromatic nitrogens is 2. The molecular weight excluding hydrogens is 266 g/mol. The van der Waals surface area contributed by atoms with Gasteiger partial charge in [0.1, 0.15) is 11.4 Å². The van der Waals surface area contributed by atoms with E-state index in [1.807, 2.05) is 19.1 Å². The van der Waals surface area contributed by atoms with Gasteiger partial charge in [0.25, 0.3) is 5.56 Å². The molecule has 5 nitrogen and oxygen atoms in total. The van der Waals surface area contributed by atoms with Gasteiger partial charge in [0.15, 0.2) is 0 Å². The summed E-state index contributed by atoms with van der Waals surface area (Å²) >= 11 is 0. The molecule has 4 N–H and O–H groups in total. The molecule has 0 saturated heterocycles. The van der Waals surface area contributed by atoms with E-state index in [0.717, 1.165) is 31.2 Å². The zero-order chi connectivity index (χ0) is 15.0. The van der Waals surface area contributed by atoms with E-state index in [1.54, 1.807) is 12.1 Å². The van der Waals surface area contributed by atoms with Crippen molar-refractivity contribution in [2.75, 3.05) is 0 Å². The number of aryl methyl sites for hydroxylation is 1. The van der Waals surface area contributed by atoms with Gasteiger partial charge in [-0.1, -0.05) is 42.7 Å². The second-order valence-electron chi connectivity index (χ2n) is 5.84. The van der Waals surface area contributed by atoms with Gasteiger partial charge in [0, 0.05) is 0 Å². The number of nitrogens with two attached hydrogens (primary N) is 1. The summed E-state index contributed by atoms with van der Waals surface area (Å²) in [7, 11) is 0. The first-order valence-corrected chi connectivity index (χ1v) is 7.19. The number of hydrogen-bond donors (Lipinski definition) is 3. The average Bonchev–Trinajstić information content (AvgIpc) is 2.88. The van der Waals surface area contributed by atoms with Gasteiger partial charge < -0.3 is 15.8 Å².